The second kappa shape index (κ2) is 8.26. The van der Waals surface area contributed by atoms with Gasteiger partial charge in [-0.25, -0.2) is 0 Å². The Labute approximate surface area is 169 Å². The molecule has 7 nitrogen and oxygen atoms in total. The number of nitrogens with one attached hydrogen (secondary N) is 1. The molecule has 2 aromatic carbocycles. The first-order chi connectivity index (χ1) is 13.9. The fourth-order valence-electron chi connectivity index (χ4n) is 3.28. The molecule has 0 radical (unpaired) electrons. The van der Waals surface area contributed by atoms with E-state index in [1.807, 2.05) is 42.0 Å². The van der Waals surface area contributed by atoms with Gasteiger partial charge in [-0.1, -0.05) is 18.2 Å². The van der Waals surface area contributed by atoms with Gasteiger partial charge in [-0.2, -0.15) is 0 Å². The van der Waals surface area contributed by atoms with Crippen LogP contribution in [0.2, 0.25) is 0 Å². The number of hydrogen-bond acceptors (Lipinski definition) is 4. The van der Waals surface area contributed by atoms with E-state index in [0.29, 0.717) is 28.3 Å². The summed E-state index contributed by atoms with van der Waals surface area (Å²) in [5.41, 5.74) is 2.21. The van der Waals surface area contributed by atoms with Gasteiger partial charge < -0.3 is 24.3 Å². The van der Waals surface area contributed by atoms with Crippen LogP contribution in [-0.4, -0.2) is 49.6 Å². The van der Waals surface area contributed by atoms with E-state index in [9.17, 15) is 9.59 Å². The number of ether oxygens (including phenoxy) is 2. The van der Waals surface area contributed by atoms with Gasteiger partial charge in [0.05, 0.1) is 31.0 Å². The maximum Gasteiger partial charge on any atom is 0.257 e. The number of carbonyl (C=O) groups excluding carboxylic acids is 2. The fourth-order valence-corrected chi connectivity index (χ4v) is 3.28. The lowest BCUT2D eigenvalue weighted by Crippen LogP contribution is -2.24. The van der Waals surface area contributed by atoms with Crippen molar-refractivity contribution in [2.45, 2.75) is 13.5 Å². The highest BCUT2D eigenvalue weighted by atomic mass is 16.5. The van der Waals surface area contributed by atoms with E-state index in [2.05, 4.69) is 5.32 Å². The van der Waals surface area contributed by atoms with Crippen molar-refractivity contribution in [1.29, 1.82) is 0 Å². The lowest BCUT2D eigenvalue weighted by Gasteiger charge is -2.18. The molecule has 0 saturated heterocycles. The predicted molar refractivity (Wildman–Crippen MR) is 113 cm³/mol. The van der Waals surface area contributed by atoms with Crippen LogP contribution in [0.3, 0.4) is 0 Å². The monoisotopic (exact) mass is 395 g/mol. The van der Waals surface area contributed by atoms with Crippen LogP contribution in [0, 0.1) is 0 Å². The van der Waals surface area contributed by atoms with Gasteiger partial charge in [0.25, 0.3) is 11.8 Å². The van der Waals surface area contributed by atoms with E-state index >= 15 is 0 Å². The fraction of sp³-hybridized carbons (Fsp3) is 0.273. The van der Waals surface area contributed by atoms with Crippen molar-refractivity contribution in [3.63, 3.8) is 0 Å². The summed E-state index contributed by atoms with van der Waals surface area (Å²) >= 11 is 0. The molecule has 152 valence electrons. The molecule has 0 aliphatic carbocycles. The van der Waals surface area contributed by atoms with Crippen molar-refractivity contribution in [3.05, 3.63) is 53.7 Å². The van der Waals surface area contributed by atoms with E-state index in [1.54, 1.807) is 26.2 Å². The molecule has 0 aliphatic heterocycles. The topological polar surface area (TPSA) is 72.8 Å². The summed E-state index contributed by atoms with van der Waals surface area (Å²) in [6.07, 6.45) is 1.83. The van der Waals surface area contributed by atoms with E-state index in [4.69, 9.17) is 9.47 Å². The van der Waals surface area contributed by atoms with Gasteiger partial charge in [0.1, 0.15) is 0 Å². The summed E-state index contributed by atoms with van der Waals surface area (Å²) in [6, 6.07) is 10.9. The summed E-state index contributed by atoms with van der Waals surface area (Å²) in [6.45, 7) is 2.77. The molecule has 0 fully saturated rings. The molecule has 0 bridgehead atoms. The van der Waals surface area contributed by atoms with Crippen molar-refractivity contribution < 1.29 is 19.1 Å². The van der Waals surface area contributed by atoms with Crippen molar-refractivity contribution in [2.75, 3.05) is 33.6 Å². The third kappa shape index (κ3) is 3.76. The number of aromatic nitrogens is 1. The second-order valence-electron chi connectivity index (χ2n) is 6.75. The molecule has 0 saturated carbocycles. The lowest BCUT2D eigenvalue weighted by atomic mass is 10.1. The summed E-state index contributed by atoms with van der Waals surface area (Å²) in [7, 11) is 6.31. The number of methoxy groups -OCH3 is 2. The number of nitrogens with zero attached hydrogens (tertiary/aromatic N) is 2. The first kappa shape index (κ1) is 20.3. The number of para-hydroxylation sites is 1. The number of anilines is 1. The van der Waals surface area contributed by atoms with Crippen LogP contribution in [0.25, 0.3) is 10.9 Å². The minimum Gasteiger partial charge on any atom is -0.493 e. The average Bonchev–Trinajstić information content (AvgIpc) is 3.11. The number of aryl methyl sites for hydroxylation is 1. The number of fused-ring (bicyclic) bond motifs is 1. The van der Waals surface area contributed by atoms with E-state index in [-0.39, 0.29) is 11.8 Å². The quantitative estimate of drug-likeness (QED) is 0.692. The molecule has 0 aliphatic rings. The summed E-state index contributed by atoms with van der Waals surface area (Å²) < 4.78 is 12.7. The minimum absolute atomic E-state index is 0.253. The van der Waals surface area contributed by atoms with Crippen LogP contribution >= 0.6 is 0 Å². The van der Waals surface area contributed by atoms with Gasteiger partial charge in [0.2, 0.25) is 0 Å². The van der Waals surface area contributed by atoms with E-state index < -0.39 is 0 Å². The third-order valence-corrected chi connectivity index (χ3v) is 4.78. The molecular weight excluding hydrogens is 370 g/mol. The van der Waals surface area contributed by atoms with Crippen molar-refractivity contribution in [3.8, 4) is 11.5 Å². The molecule has 3 aromatic rings. The van der Waals surface area contributed by atoms with Gasteiger partial charge >= 0.3 is 0 Å². The van der Waals surface area contributed by atoms with Gasteiger partial charge in [0.15, 0.2) is 11.5 Å². The second-order valence-corrected chi connectivity index (χ2v) is 6.75. The Morgan fingerprint density at radius 2 is 1.69 bits per heavy atom. The van der Waals surface area contributed by atoms with Crippen LogP contribution in [0.15, 0.2) is 42.6 Å². The SMILES string of the molecule is CCn1cc(C(=O)Nc2cc(OC)c(OC)cc2C(=O)N(C)C)c2ccccc21. The van der Waals surface area contributed by atoms with Crippen LogP contribution in [0.1, 0.15) is 27.6 Å². The molecule has 1 heterocycles. The summed E-state index contributed by atoms with van der Waals surface area (Å²) in [5.74, 6) is 0.290. The number of carbonyl (C=O) groups is 2. The third-order valence-electron chi connectivity index (χ3n) is 4.78. The Kier molecular flexibility index (Phi) is 5.77. The average molecular weight is 395 g/mol. The molecule has 29 heavy (non-hydrogen) atoms. The molecule has 0 spiro atoms. The van der Waals surface area contributed by atoms with Gasteiger partial charge in [-0.05, 0) is 19.1 Å². The predicted octanol–water partition coefficient (Wildman–Crippen LogP) is 3.63. The largest absolute Gasteiger partial charge is 0.493 e. The molecule has 3 rings (SSSR count). The maximum absolute atomic E-state index is 13.1. The summed E-state index contributed by atoms with van der Waals surface area (Å²) in [4.78, 5) is 27.3. The number of hydrogen-bond donors (Lipinski definition) is 1. The first-order valence-corrected chi connectivity index (χ1v) is 9.28. The zero-order valence-electron chi connectivity index (χ0n) is 17.3. The van der Waals surface area contributed by atoms with Crippen LogP contribution in [0.4, 0.5) is 5.69 Å². The molecule has 0 atom stereocenters. The first-order valence-electron chi connectivity index (χ1n) is 9.28. The maximum atomic E-state index is 13.1. The van der Waals surface area contributed by atoms with Gasteiger partial charge in [0, 0.05) is 43.8 Å². The highest BCUT2D eigenvalue weighted by Gasteiger charge is 2.22. The zero-order valence-corrected chi connectivity index (χ0v) is 17.3. The molecule has 0 unspecified atom stereocenters. The number of rotatable bonds is 6. The Morgan fingerprint density at radius 1 is 1.03 bits per heavy atom. The molecule has 1 N–H and O–H groups in total. The Hall–Kier alpha value is -3.48. The van der Waals surface area contributed by atoms with Crippen molar-refractivity contribution in [1.82, 2.24) is 9.47 Å². The van der Waals surface area contributed by atoms with Gasteiger partial charge in [-0.15, -0.1) is 0 Å². The van der Waals surface area contributed by atoms with Gasteiger partial charge in [-0.3, -0.25) is 9.59 Å². The van der Waals surface area contributed by atoms with Crippen LogP contribution in [-0.2, 0) is 6.54 Å². The lowest BCUT2D eigenvalue weighted by molar-refractivity contribution is 0.0828. The highest BCUT2D eigenvalue weighted by molar-refractivity contribution is 6.15. The summed E-state index contributed by atoms with van der Waals surface area (Å²) in [5, 5.41) is 3.74. The molecular formula is C22H25N3O4. The van der Waals surface area contributed by atoms with E-state index in [0.717, 1.165) is 17.4 Å². The zero-order chi connectivity index (χ0) is 21.1. The normalized spacial score (nSPS) is 10.7. The smallest absolute Gasteiger partial charge is 0.257 e. The molecule has 1 aromatic heterocycles. The minimum atomic E-state index is -0.298. The van der Waals surface area contributed by atoms with Crippen molar-refractivity contribution >= 4 is 28.4 Å². The Morgan fingerprint density at radius 3 is 2.31 bits per heavy atom. The van der Waals surface area contributed by atoms with Crippen LogP contribution < -0.4 is 14.8 Å². The van der Waals surface area contributed by atoms with Crippen LogP contribution in [0.5, 0.6) is 11.5 Å². The molecule has 7 heteroatoms. The standard InChI is InChI=1S/C22H25N3O4/c1-6-25-13-16(14-9-7-8-10-18(14)25)21(26)23-17-12-20(29-5)19(28-4)11-15(17)22(27)24(2)3/h7-13H,6H2,1-5H3,(H,23,26). The number of amides is 2. The number of benzene rings is 2. The van der Waals surface area contributed by atoms with Crippen molar-refractivity contribution in [2.24, 2.45) is 0 Å². The van der Waals surface area contributed by atoms with E-state index in [1.165, 1.54) is 19.1 Å². The highest BCUT2D eigenvalue weighted by Crippen LogP contribution is 2.34. The Balaban J connectivity index is 2.07. The Bertz CT molecular complexity index is 1070. The molecule has 2 amide bonds.